The maximum Gasteiger partial charge on any atom is 0.288 e. The Bertz CT molecular complexity index is 590. The summed E-state index contributed by atoms with van der Waals surface area (Å²) in [4.78, 5) is 18.0. The van der Waals surface area contributed by atoms with Gasteiger partial charge in [-0.05, 0) is 82.4 Å². The summed E-state index contributed by atoms with van der Waals surface area (Å²) in [5.41, 5.74) is 0. The van der Waals surface area contributed by atoms with Crippen molar-refractivity contribution >= 4 is 5.91 Å². The van der Waals surface area contributed by atoms with Crippen LogP contribution in [0.3, 0.4) is 0 Å². The van der Waals surface area contributed by atoms with E-state index in [2.05, 4.69) is 11.0 Å². The number of unbranched alkanes of at least 4 members (excludes halogenated alkanes) is 1. The zero-order valence-electron chi connectivity index (χ0n) is 19.2. The number of hydrogen-bond donors (Lipinski definition) is 1. The van der Waals surface area contributed by atoms with E-state index in [9.17, 15) is 4.79 Å². The van der Waals surface area contributed by atoms with E-state index in [1.165, 1.54) is 58.0 Å². The van der Waals surface area contributed by atoms with Crippen LogP contribution in [0.15, 0.2) is 11.8 Å². The van der Waals surface area contributed by atoms with Crippen LogP contribution in [0.1, 0.15) is 77.0 Å². The third kappa shape index (κ3) is 6.23. The van der Waals surface area contributed by atoms with E-state index >= 15 is 0 Å². The maximum absolute atomic E-state index is 13.3. The van der Waals surface area contributed by atoms with E-state index in [1.807, 2.05) is 4.90 Å². The minimum absolute atomic E-state index is 0.0590. The highest BCUT2D eigenvalue weighted by Gasteiger charge is 2.36. The third-order valence-corrected chi connectivity index (χ3v) is 7.82. The lowest BCUT2D eigenvalue weighted by Gasteiger charge is -2.41. The maximum atomic E-state index is 13.3. The molecular weight excluding hydrogens is 392 g/mol. The predicted molar refractivity (Wildman–Crippen MR) is 120 cm³/mol. The minimum atomic E-state index is -0.334. The van der Waals surface area contributed by atoms with Crippen LogP contribution in [0.5, 0.6) is 0 Å². The number of aliphatic hydroxyl groups excluding tert-OH is 1. The van der Waals surface area contributed by atoms with E-state index in [0.717, 1.165) is 45.2 Å². The molecule has 31 heavy (non-hydrogen) atoms. The van der Waals surface area contributed by atoms with Crippen LogP contribution in [-0.2, 0) is 14.3 Å². The highest BCUT2D eigenvalue weighted by molar-refractivity contribution is 5.91. The van der Waals surface area contributed by atoms with E-state index in [1.54, 1.807) is 0 Å². The first-order valence-corrected chi connectivity index (χ1v) is 12.9. The van der Waals surface area contributed by atoms with Crippen molar-refractivity contribution in [2.75, 3.05) is 39.4 Å². The molecule has 6 nitrogen and oxygen atoms in total. The number of likely N-dealkylation sites (tertiary alicyclic amines) is 2. The number of carbonyl (C=O) groups excluding carboxylic acids is 1. The summed E-state index contributed by atoms with van der Waals surface area (Å²) in [7, 11) is 0. The molecular formula is C25H42N2O4. The zero-order valence-corrected chi connectivity index (χ0v) is 19.2. The van der Waals surface area contributed by atoms with Crippen LogP contribution < -0.4 is 0 Å². The Morgan fingerprint density at radius 3 is 2.45 bits per heavy atom. The summed E-state index contributed by atoms with van der Waals surface area (Å²) in [6.07, 6.45) is 15.5. The number of rotatable bonds is 8. The number of carbonyl (C=O) groups is 1. The first-order valence-electron chi connectivity index (χ1n) is 12.9. The van der Waals surface area contributed by atoms with Crippen molar-refractivity contribution in [3.63, 3.8) is 0 Å². The highest BCUT2D eigenvalue weighted by Crippen LogP contribution is 2.38. The number of allylic oxidation sites excluding steroid dienone is 1. The fourth-order valence-electron chi connectivity index (χ4n) is 5.95. The number of piperidine rings is 2. The normalized spacial score (nSPS) is 29.1. The van der Waals surface area contributed by atoms with Gasteiger partial charge in [-0.3, -0.25) is 4.79 Å². The molecule has 1 N–H and O–H groups in total. The molecule has 0 unspecified atom stereocenters. The molecule has 2 atom stereocenters. The summed E-state index contributed by atoms with van der Waals surface area (Å²) in [6, 6.07) is 0.638. The number of aliphatic hydroxyl groups is 1. The molecule has 1 amide bonds. The van der Waals surface area contributed by atoms with Crippen LogP contribution in [0.4, 0.5) is 0 Å². The van der Waals surface area contributed by atoms with Gasteiger partial charge in [0, 0.05) is 32.2 Å². The van der Waals surface area contributed by atoms with Crippen LogP contribution in [-0.4, -0.2) is 72.5 Å². The monoisotopic (exact) mass is 434 g/mol. The molecule has 1 aliphatic carbocycles. The Balaban J connectivity index is 1.34. The molecule has 0 aromatic carbocycles. The third-order valence-electron chi connectivity index (χ3n) is 7.82. The van der Waals surface area contributed by atoms with Crippen molar-refractivity contribution < 1.29 is 19.4 Å². The van der Waals surface area contributed by atoms with Gasteiger partial charge in [-0.1, -0.05) is 19.3 Å². The van der Waals surface area contributed by atoms with Gasteiger partial charge in [0.1, 0.15) is 0 Å². The van der Waals surface area contributed by atoms with Crippen LogP contribution >= 0.6 is 0 Å². The Morgan fingerprint density at radius 1 is 1.00 bits per heavy atom. The van der Waals surface area contributed by atoms with E-state index < -0.39 is 0 Å². The number of hydrogen-bond acceptors (Lipinski definition) is 5. The van der Waals surface area contributed by atoms with Crippen molar-refractivity contribution in [2.45, 2.75) is 89.4 Å². The quantitative estimate of drug-likeness (QED) is 0.591. The standard InChI is InChI=1S/C25H42N2O4/c28-16-6-7-17-30-24-19-21(20-8-2-3-9-20)18-23(31-24)25(29)27-14-10-22(11-15-27)26-12-4-1-5-13-26/h18,20-22,24,28H,1-17,19H2/t21-,24+/m1/s1. The molecule has 3 heterocycles. The molecule has 176 valence electrons. The van der Waals surface area contributed by atoms with Crippen molar-refractivity contribution in [3.05, 3.63) is 11.8 Å². The lowest BCUT2D eigenvalue weighted by molar-refractivity contribution is -0.157. The molecule has 3 fully saturated rings. The second-order valence-corrected chi connectivity index (χ2v) is 9.94. The molecule has 0 spiro atoms. The van der Waals surface area contributed by atoms with E-state index in [0.29, 0.717) is 30.2 Å². The second-order valence-electron chi connectivity index (χ2n) is 9.94. The Morgan fingerprint density at radius 2 is 1.74 bits per heavy atom. The first kappa shape index (κ1) is 23.1. The van der Waals surface area contributed by atoms with Gasteiger partial charge in [-0.15, -0.1) is 0 Å². The lowest BCUT2D eigenvalue weighted by Crippen LogP contribution is -2.49. The molecule has 1 saturated carbocycles. The van der Waals surface area contributed by atoms with E-state index in [4.69, 9.17) is 14.6 Å². The molecule has 0 aromatic rings. The van der Waals surface area contributed by atoms with Gasteiger partial charge >= 0.3 is 0 Å². The van der Waals surface area contributed by atoms with Gasteiger partial charge in [0.05, 0.1) is 6.61 Å². The van der Waals surface area contributed by atoms with Crippen molar-refractivity contribution in [2.24, 2.45) is 11.8 Å². The number of nitrogens with zero attached hydrogens (tertiary/aromatic N) is 2. The second kappa shape index (κ2) is 11.7. The fraction of sp³-hybridized carbons (Fsp3) is 0.880. The van der Waals surface area contributed by atoms with Gasteiger partial charge in [0.25, 0.3) is 5.91 Å². The summed E-state index contributed by atoms with van der Waals surface area (Å²) >= 11 is 0. The van der Waals surface area contributed by atoms with E-state index in [-0.39, 0.29) is 18.8 Å². The van der Waals surface area contributed by atoms with Gasteiger partial charge in [0.15, 0.2) is 5.76 Å². The molecule has 4 rings (SSSR count). The largest absolute Gasteiger partial charge is 0.459 e. The number of amides is 1. The first-order chi connectivity index (χ1) is 15.2. The van der Waals surface area contributed by atoms with Crippen LogP contribution in [0.25, 0.3) is 0 Å². The zero-order chi connectivity index (χ0) is 21.5. The smallest absolute Gasteiger partial charge is 0.288 e. The molecule has 0 radical (unpaired) electrons. The predicted octanol–water partition coefficient (Wildman–Crippen LogP) is 3.69. The van der Waals surface area contributed by atoms with Crippen molar-refractivity contribution in [1.82, 2.24) is 9.80 Å². The average molecular weight is 435 g/mol. The average Bonchev–Trinajstić information content (AvgIpc) is 3.37. The summed E-state index contributed by atoms with van der Waals surface area (Å²) < 4.78 is 12.1. The fourth-order valence-corrected chi connectivity index (χ4v) is 5.95. The molecule has 3 aliphatic heterocycles. The highest BCUT2D eigenvalue weighted by atomic mass is 16.7. The summed E-state index contributed by atoms with van der Waals surface area (Å²) in [6.45, 7) is 4.88. The molecule has 6 heteroatoms. The van der Waals surface area contributed by atoms with Crippen molar-refractivity contribution in [3.8, 4) is 0 Å². The van der Waals surface area contributed by atoms with Crippen LogP contribution in [0, 0.1) is 11.8 Å². The molecule has 0 aromatic heterocycles. The summed E-state index contributed by atoms with van der Waals surface area (Å²) in [5.74, 6) is 1.61. The Kier molecular flexibility index (Phi) is 8.68. The van der Waals surface area contributed by atoms with Gasteiger partial charge in [-0.25, -0.2) is 0 Å². The van der Waals surface area contributed by atoms with Gasteiger partial charge in [-0.2, -0.15) is 0 Å². The number of ether oxygens (including phenoxy) is 2. The SMILES string of the molecule is O=C(C1=C[C@@H](C2CCCC2)C[C@@H](OCCCCO)O1)N1CCC(N2CCCCC2)CC1. The van der Waals surface area contributed by atoms with Gasteiger partial charge in [0.2, 0.25) is 6.29 Å². The van der Waals surface area contributed by atoms with Crippen LogP contribution in [0.2, 0.25) is 0 Å². The summed E-state index contributed by atoms with van der Waals surface area (Å²) in [5, 5.41) is 9.00. The topological polar surface area (TPSA) is 62.2 Å². The molecule has 4 aliphatic rings. The Hall–Kier alpha value is -1.11. The Labute approximate surface area is 187 Å². The molecule has 0 bridgehead atoms. The van der Waals surface area contributed by atoms with Crippen molar-refractivity contribution in [1.29, 1.82) is 0 Å². The molecule has 2 saturated heterocycles. The lowest BCUT2D eigenvalue weighted by atomic mass is 9.86. The minimum Gasteiger partial charge on any atom is -0.459 e. The van der Waals surface area contributed by atoms with Gasteiger partial charge < -0.3 is 24.4 Å².